The maximum Gasteiger partial charge on any atom is 0.284 e. The van der Waals surface area contributed by atoms with Crippen molar-refractivity contribution in [3.63, 3.8) is 0 Å². The van der Waals surface area contributed by atoms with Crippen molar-refractivity contribution >= 4 is 11.8 Å². The van der Waals surface area contributed by atoms with E-state index in [1.54, 1.807) is 0 Å². The number of thioether (sulfide) groups is 1. The molecular formula is C4H10O6S. The lowest BCUT2D eigenvalue weighted by molar-refractivity contribution is -0.296. The molecule has 0 saturated heterocycles. The summed E-state index contributed by atoms with van der Waals surface area (Å²) in [5.41, 5.74) is 0. The van der Waals surface area contributed by atoms with Gasteiger partial charge in [-0.3, -0.25) is 0 Å². The number of aliphatic hydroxyl groups is 6. The topological polar surface area (TPSA) is 121 Å². The second kappa shape index (κ2) is 3.68. The number of hydrogen-bond donors (Lipinski definition) is 6. The van der Waals surface area contributed by atoms with Gasteiger partial charge in [-0.05, 0) is 0 Å². The van der Waals surface area contributed by atoms with Crippen molar-refractivity contribution in [3.8, 4) is 0 Å². The summed E-state index contributed by atoms with van der Waals surface area (Å²) in [7, 11) is 0. The van der Waals surface area contributed by atoms with E-state index in [4.69, 9.17) is 30.6 Å². The molecule has 0 unspecified atom stereocenters. The summed E-state index contributed by atoms with van der Waals surface area (Å²) >= 11 is 0.567. The summed E-state index contributed by atoms with van der Waals surface area (Å²) in [5, 5.41) is 49.6. The summed E-state index contributed by atoms with van der Waals surface area (Å²) in [6.45, 7) is 0. The van der Waals surface area contributed by atoms with Crippen LogP contribution < -0.4 is 0 Å². The van der Waals surface area contributed by atoms with Crippen molar-refractivity contribution in [1.29, 1.82) is 0 Å². The molecule has 0 amide bonds. The van der Waals surface area contributed by atoms with Crippen LogP contribution in [-0.4, -0.2) is 54.1 Å². The Kier molecular flexibility index (Phi) is 3.71. The van der Waals surface area contributed by atoms with Gasteiger partial charge in [-0.25, -0.2) is 0 Å². The number of hydrogen-bond acceptors (Lipinski definition) is 7. The molecule has 0 aromatic rings. The smallest absolute Gasteiger partial charge is 0.284 e. The van der Waals surface area contributed by atoms with Crippen molar-refractivity contribution < 1.29 is 30.6 Å². The third-order valence-electron chi connectivity index (χ3n) is 0.591. The molecule has 6 nitrogen and oxygen atoms in total. The molecule has 0 saturated carbocycles. The average molecular weight is 186 g/mol. The summed E-state index contributed by atoms with van der Waals surface area (Å²) in [6.07, 6.45) is 0. The lowest BCUT2D eigenvalue weighted by atomic mass is 10.7. The molecule has 6 N–H and O–H groups in total. The van der Waals surface area contributed by atoms with Crippen LogP contribution in [0.2, 0.25) is 0 Å². The maximum absolute atomic E-state index is 8.26. The molecular weight excluding hydrogens is 176 g/mol. The summed E-state index contributed by atoms with van der Waals surface area (Å²) in [6, 6.07) is 0. The third kappa shape index (κ3) is 10.1. The highest BCUT2D eigenvalue weighted by Gasteiger charge is 2.23. The normalized spacial score (nSPS) is 13.6. The van der Waals surface area contributed by atoms with Crippen LogP contribution in [0.5, 0.6) is 0 Å². The predicted octanol–water partition coefficient (Wildman–Crippen LogP) is -3.02. The lowest BCUT2D eigenvalue weighted by Crippen LogP contribution is -2.34. The third-order valence-corrected chi connectivity index (χ3v) is 1.77. The molecule has 0 radical (unpaired) electrons. The Labute approximate surface area is 66.7 Å². The molecule has 68 valence electrons. The first-order chi connectivity index (χ1) is 4.71. The minimum atomic E-state index is -2.85. The minimum absolute atomic E-state index is 0.545. The van der Waals surface area contributed by atoms with Gasteiger partial charge in [0.05, 0.1) is 11.5 Å². The van der Waals surface area contributed by atoms with Crippen molar-refractivity contribution in [1.82, 2.24) is 0 Å². The highest BCUT2D eigenvalue weighted by molar-refractivity contribution is 7.99. The van der Waals surface area contributed by atoms with Crippen molar-refractivity contribution in [3.05, 3.63) is 0 Å². The van der Waals surface area contributed by atoms with Gasteiger partial charge in [0.2, 0.25) is 0 Å². The zero-order chi connectivity index (χ0) is 9.12. The van der Waals surface area contributed by atoms with Gasteiger partial charge in [-0.1, -0.05) is 0 Å². The van der Waals surface area contributed by atoms with E-state index in [0.717, 1.165) is 0 Å². The van der Waals surface area contributed by atoms with Gasteiger partial charge in [0.15, 0.2) is 0 Å². The van der Waals surface area contributed by atoms with Gasteiger partial charge in [0.1, 0.15) is 0 Å². The van der Waals surface area contributed by atoms with Crippen LogP contribution in [0.3, 0.4) is 0 Å². The van der Waals surface area contributed by atoms with Crippen LogP contribution in [0, 0.1) is 0 Å². The van der Waals surface area contributed by atoms with Gasteiger partial charge in [0.25, 0.3) is 11.9 Å². The molecule has 0 aromatic heterocycles. The van der Waals surface area contributed by atoms with E-state index in [1.165, 1.54) is 0 Å². The average Bonchev–Trinajstić information content (AvgIpc) is 1.55. The molecule has 0 spiro atoms. The predicted molar refractivity (Wildman–Crippen MR) is 36.1 cm³/mol. The lowest BCUT2D eigenvalue weighted by Gasteiger charge is -2.16. The zero-order valence-corrected chi connectivity index (χ0v) is 6.32. The first-order valence-electron chi connectivity index (χ1n) is 2.63. The van der Waals surface area contributed by atoms with E-state index < -0.39 is 23.5 Å². The van der Waals surface area contributed by atoms with Crippen LogP contribution in [0.4, 0.5) is 0 Å². The molecule has 7 heteroatoms. The van der Waals surface area contributed by atoms with Crippen LogP contribution in [0.25, 0.3) is 0 Å². The molecule has 0 atom stereocenters. The Bertz CT molecular complexity index is 98.7. The molecule has 11 heavy (non-hydrogen) atoms. The van der Waals surface area contributed by atoms with Crippen LogP contribution in [0.1, 0.15) is 0 Å². The van der Waals surface area contributed by atoms with Crippen LogP contribution in [-0.2, 0) is 0 Å². The zero-order valence-electron chi connectivity index (χ0n) is 5.51. The molecule has 0 bridgehead atoms. The summed E-state index contributed by atoms with van der Waals surface area (Å²) in [4.78, 5) is 0. The minimum Gasteiger partial charge on any atom is -0.343 e. The Hall–Kier alpha value is 0.110. The first-order valence-corrected chi connectivity index (χ1v) is 3.78. The number of rotatable bonds is 4. The van der Waals surface area contributed by atoms with Gasteiger partial charge >= 0.3 is 0 Å². The quantitative estimate of drug-likeness (QED) is 0.258. The van der Waals surface area contributed by atoms with Crippen molar-refractivity contribution in [2.24, 2.45) is 0 Å². The van der Waals surface area contributed by atoms with Gasteiger partial charge in [-0.2, -0.15) is 0 Å². The Morgan fingerprint density at radius 2 is 1.00 bits per heavy atom. The summed E-state index contributed by atoms with van der Waals surface area (Å²) < 4.78 is 0. The highest BCUT2D eigenvalue weighted by Crippen LogP contribution is 2.11. The highest BCUT2D eigenvalue weighted by atomic mass is 32.2. The second-order valence-corrected chi connectivity index (χ2v) is 3.03. The Morgan fingerprint density at radius 1 is 0.727 bits per heavy atom. The molecule has 0 fully saturated rings. The van der Waals surface area contributed by atoms with Gasteiger partial charge in [0, 0.05) is 0 Å². The Balaban J connectivity index is 3.44. The fourth-order valence-corrected chi connectivity index (χ4v) is 0.975. The Morgan fingerprint density at radius 3 is 1.18 bits per heavy atom. The molecule has 0 aromatic carbocycles. The largest absolute Gasteiger partial charge is 0.343 e. The second-order valence-electron chi connectivity index (χ2n) is 2.04. The van der Waals surface area contributed by atoms with E-state index >= 15 is 0 Å². The molecule has 0 aliphatic rings. The summed E-state index contributed by atoms with van der Waals surface area (Å²) in [5.74, 6) is -6.79. The molecule has 0 heterocycles. The van der Waals surface area contributed by atoms with E-state index in [0.29, 0.717) is 11.8 Å². The van der Waals surface area contributed by atoms with E-state index in [2.05, 4.69) is 0 Å². The SMILES string of the molecule is OC(O)(O)CSCC(O)(O)O. The monoisotopic (exact) mass is 186 g/mol. The maximum atomic E-state index is 8.26. The van der Waals surface area contributed by atoms with Crippen molar-refractivity contribution in [2.45, 2.75) is 11.9 Å². The van der Waals surface area contributed by atoms with Gasteiger partial charge in [-0.15, -0.1) is 11.8 Å². The van der Waals surface area contributed by atoms with E-state index in [9.17, 15) is 0 Å². The van der Waals surface area contributed by atoms with Crippen LogP contribution >= 0.6 is 11.8 Å². The fourth-order valence-electron chi connectivity index (χ4n) is 0.325. The molecule has 0 aliphatic heterocycles. The molecule has 0 aliphatic carbocycles. The standard InChI is InChI=1S/C4H10O6S/c5-3(6,7)1-11-2-4(8,9)10/h5-10H,1-2H2. The van der Waals surface area contributed by atoms with E-state index in [1.807, 2.05) is 0 Å². The van der Waals surface area contributed by atoms with Crippen LogP contribution in [0.15, 0.2) is 0 Å². The van der Waals surface area contributed by atoms with Gasteiger partial charge < -0.3 is 30.6 Å². The van der Waals surface area contributed by atoms with Crippen molar-refractivity contribution in [2.75, 3.05) is 11.5 Å². The fraction of sp³-hybridized carbons (Fsp3) is 1.00. The molecule has 0 rings (SSSR count). The van der Waals surface area contributed by atoms with E-state index in [-0.39, 0.29) is 0 Å². The first kappa shape index (κ1) is 11.1.